The van der Waals surface area contributed by atoms with Crippen molar-refractivity contribution in [3.05, 3.63) is 0 Å². The summed E-state index contributed by atoms with van der Waals surface area (Å²) in [6.45, 7) is 0. The fourth-order valence-electron chi connectivity index (χ4n) is 0.954. The van der Waals surface area contributed by atoms with Crippen LogP contribution in [0.1, 0.15) is 12.8 Å². The Morgan fingerprint density at radius 3 is 2.86 bits per heavy atom. The molecule has 3 N–H and O–H groups in total. The number of hydrogen-bond acceptors (Lipinski definition) is 5. The molecular weight excluding hydrogens is 188 g/mol. The van der Waals surface area contributed by atoms with Gasteiger partial charge in [0.2, 0.25) is 17.7 Å². The minimum Gasteiger partial charge on any atom is -0.295 e. The normalized spacial score (nSPS) is 20.1. The quantitative estimate of drug-likeness (QED) is 0.355. The predicted molar refractivity (Wildman–Crippen MR) is 43.1 cm³/mol. The van der Waals surface area contributed by atoms with Gasteiger partial charge in [0, 0.05) is 0 Å². The highest BCUT2D eigenvalue weighted by Crippen LogP contribution is 1.99. The van der Waals surface area contributed by atoms with E-state index in [0.717, 1.165) is 0 Å². The average molecular weight is 196 g/mol. The van der Waals surface area contributed by atoms with Gasteiger partial charge in [0.15, 0.2) is 0 Å². The van der Waals surface area contributed by atoms with Crippen molar-refractivity contribution in [2.75, 3.05) is 0 Å². The van der Waals surface area contributed by atoms with Crippen molar-refractivity contribution in [1.82, 2.24) is 16.2 Å². The van der Waals surface area contributed by atoms with Crippen LogP contribution in [0.2, 0.25) is 0 Å². The van der Waals surface area contributed by atoms with E-state index < -0.39 is 17.9 Å². The summed E-state index contributed by atoms with van der Waals surface area (Å²) in [6, 6.07) is 0.898. The summed E-state index contributed by atoms with van der Waals surface area (Å²) in [5, 5.41) is 10.2. The van der Waals surface area contributed by atoms with E-state index >= 15 is 0 Å². The molecular formula is C7H8N4O3. The Morgan fingerprint density at radius 2 is 2.36 bits per heavy atom. The molecule has 1 saturated heterocycles. The number of carbonyl (C=O) groups is 3. The smallest absolute Gasteiger partial charge is 0.248 e. The number of nitrogens with one attached hydrogen (secondary N) is 3. The monoisotopic (exact) mass is 196 g/mol. The van der Waals surface area contributed by atoms with Gasteiger partial charge in [-0.3, -0.25) is 25.1 Å². The Kier molecular flexibility index (Phi) is 3.14. The number of nitrogens with zero attached hydrogens (tertiary/aromatic N) is 1. The van der Waals surface area contributed by atoms with Gasteiger partial charge in [0.05, 0.1) is 12.5 Å². The van der Waals surface area contributed by atoms with E-state index in [0.29, 0.717) is 0 Å². The molecule has 1 rings (SSSR count). The standard InChI is InChI=1S/C7H8N4O3/c8-2-1-5(12)11-10-4-3-6(13)9-7(4)14/h4,10H,1,3H2,(H,11,12)(H,9,13,14). The van der Waals surface area contributed by atoms with Gasteiger partial charge in [-0.25, -0.2) is 5.43 Å². The van der Waals surface area contributed by atoms with Crippen molar-refractivity contribution in [3.8, 4) is 6.07 Å². The maximum atomic E-state index is 10.9. The minimum absolute atomic E-state index is 0.00827. The maximum absolute atomic E-state index is 10.9. The molecule has 1 atom stereocenters. The number of hydrogen-bond donors (Lipinski definition) is 3. The number of nitriles is 1. The third-order valence-electron chi connectivity index (χ3n) is 1.59. The van der Waals surface area contributed by atoms with Crippen molar-refractivity contribution < 1.29 is 14.4 Å². The Morgan fingerprint density at radius 1 is 1.64 bits per heavy atom. The van der Waals surface area contributed by atoms with E-state index in [9.17, 15) is 14.4 Å². The maximum Gasteiger partial charge on any atom is 0.248 e. The van der Waals surface area contributed by atoms with Crippen molar-refractivity contribution in [3.63, 3.8) is 0 Å². The third-order valence-corrected chi connectivity index (χ3v) is 1.59. The summed E-state index contributed by atoms with van der Waals surface area (Å²) < 4.78 is 0. The van der Waals surface area contributed by atoms with E-state index in [1.807, 2.05) is 0 Å². The lowest BCUT2D eigenvalue weighted by atomic mass is 10.3. The lowest BCUT2D eigenvalue weighted by Gasteiger charge is -2.08. The summed E-state index contributed by atoms with van der Waals surface area (Å²) in [5.41, 5.74) is 4.51. The first-order chi connectivity index (χ1) is 6.63. The first-order valence-electron chi connectivity index (χ1n) is 3.88. The highest BCUT2D eigenvalue weighted by atomic mass is 16.2. The third kappa shape index (κ3) is 2.53. The molecule has 3 amide bonds. The van der Waals surface area contributed by atoms with Crippen molar-refractivity contribution in [2.24, 2.45) is 0 Å². The van der Waals surface area contributed by atoms with Crippen LogP contribution in [0.15, 0.2) is 0 Å². The molecule has 0 bridgehead atoms. The van der Waals surface area contributed by atoms with E-state index in [-0.39, 0.29) is 18.7 Å². The molecule has 14 heavy (non-hydrogen) atoms. The fourth-order valence-corrected chi connectivity index (χ4v) is 0.954. The molecule has 7 nitrogen and oxygen atoms in total. The zero-order chi connectivity index (χ0) is 10.6. The van der Waals surface area contributed by atoms with E-state index in [1.54, 1.807) is 6.07 Å². The summed E-state index contributed by atoms with van der Waals surface area (Å²) in [4.78, 5) is 32.4. The number of amides is 3. The summed E-state index contributed by atoms with van der Waals surface area (Å²) in [7, 11) is 0. The molecule has 0 radical (unpaired) electrons. The largest absolute Gasteiger partial charge is 0.295 e. The topological polar surface area (TPSA) is 111 Å². The second-order valence-electron chi connectivity index (χ2n) is 2.70. The molecule has 7 heteroatoms. The molecule has 1 heterocycles. The number of imide groups is 1. The van der Waals surface area contributed by atoms with Crippen LogP contribution in [0.4, 0.5) is 0 Å². The Labute approximate surface area is 79.4 Å². The predicted octanol–water partition coefficient (Wildman–Crippen LogP) is -2.06. The summed E-state index contributed by atoms with van der Waals surface area (Å²) in [5.74, 6) is -1.41. The van der Waals surface area contributed by atoms with Crippen LogP contribution in [0.3, 0.4) is 0 Å². The second-order valence-corrected chi connectivity index (χ2v) is 2.70. The minimum atomic E-state index is -0.745. The molecule has 0 spiro atoms. The molecule has 0 aromatic rings. The number of carbonyl (C=O) groups excluding carboxylic acids is 3. The Balaban J connectivity index is 2.32. The fraction of sp³-hybridized carbons (Fsp3) is 0.429. The zero-order valence-electron chi connectivity index (χ0n) is 7.16. The lowest BCUT2D eigenvalue weighted by molar-refractivity contribution is -0.125. The molecule has 0 aromatic carbocycles. The molecule has 1 aliphatic rings. The van der Waals surface area contributed by atoms with Crippen LogP contribution in [0.5, 0.6) is 0 Å². The van der Waals surface area contributed by atoms with Gasteiger partial charge in [0.25, 0.3) is 0 Å². The van der Waals surface area contributed by atoms with Crippen LogP contribution >= 0.6 is 0 Å². The molecule has 0 aromatic heterocycles. The van der Waals surface area contributed by atoms with Gasteiger partial charge >= 0.3 is 0 Å². The average Bonchev–Trinajstić information content (AvgIpc) is 2.42. The first-order valence-corrected chi connectivity index (χ1v) is 3.88. The number of hydrazine groups is 1. The highest BCUT2D eigenvalue weighted by molar-refractivity contribution is 6.05. The van der Waals surface area contributed by atoms with Crippen molar-refractivity contribution in [2.45, 2.75) is 18.9 Å². The molecule has 1 unspecified atom stereocenters. The molecule has 1 aliphatic heterocycles. The van der Waals surface area contributed by atoms with Crippen LogP contribution in [-0.2, 0) is 14.4 Å². The van der Waals surface area contributed by atoms with E-state index in [2.05, 4.69) is 16.2 Å². The van der Waals surface area contributed by atoms with Crippen LogP contribution in [0.25, 0.3) is 0 Å². The second kappa shape index (κ2) is 4.34. The zero-order valence-corrected chi connectivity index (χ0v) is 7.16. The highest BCUT2D eigenvalue weighted by Gasteiger charge is 2.30. The molecule has 0 aliphatic carbocycles. The number of rotatable bonds is 3. The first kappa shape index (κ1) is 10.1. The van der Waals surface area contributed by atoms with Crippen LogP contribution < -0.4 is 16.2 Å². The molecule has 1 fully saturated rings. The van der Waals surface area contributed by atoms with Gasteiger partial charge in [-0.05, 0) is 0 Å². The SMILES string of the molecule is N#CCC(=O)NNC1CC(=O)NC1=O. The Bertz CT molecular complexity index is 319. The van der Waals surface area contributed by atoms with Crippen LogP contribution in [-0.4, -0.2) is 23.8 Å². The van der Waals surface area contributed by atoms with Gasteiger partial charge in [-0.15, -0.1) is 0 Å². The Hall–Kier alpha value is -1.94. The van der Waals surface area contributed by atoms with Crippen molar-refractivity contribution in [1.29, 1.82) is 5.26 Å². The molecule has 0 saturated carbocycles. The van der Waals surface area contributed by atoms with Gasteiger partial charge in [-0.1, -0.05) is 0 Å². The summed E-state index contributed by atoms with van der Waals surface area (Å²) >= 11 is 0. The van der Waals surface area contributed by atoms with Gasteiger partial charge in [-0.2, -0.15) is 5.26 Å². The molecule has 74 valence electrons. The lowest BCUT2D eigenvalue weighted by Crippen LogP contribution is -2.47. The summed E-state index contributed by atoms with van der Waals surface area (Å²) in [6.07, 6.45) is -0.305. The van der Waals surface area contributed by atoms with E-state index in [1.165, 1.54) is 0 Å². The van der Waals surface area contributed by atoms with Crippen molar-refractivity contribution >= 4 is 17.7 Å². The van der Waals surface area contributed by atoms with E-state index in [4.69, 9.17) is 5.26 Å². The van der Waals surface area contributed by atoms with Crippen LogP contribution in [0, 0.1) is 11.3 Å². The van der Waals surface area contributed by atoms with Gasteiger partial charge in [0.1, 0.15) is 12.5 Å². The van der Waals surface area contributed by atoms with Gasteiger partial charge < -0.3 is 0 Å².